The highest BCUT2D eigenvalue weighted by Gasteiger charge is 2.21. The summed E-state index contributed by atoms with van der Waals surface area (Å²) in [7, 11) is 2.01. The Bertz CT molecular complexity index is 982. The fourth-order valence-electron chi connectivity index (χ4n) is 3.68. The second kappa shape index (κ2) is 9.41. The predicted molar refractivity (Wildman–Crippen MR) is 125 cm³/mol. The number of hydrogen-bond acceptors (Lipinski definition) is 5. The fraction of sp³-hybridized carbons (Fsp3) is 0.292. The summed E-state index contributed by atoms with van der Waals surface area (Å²) >= 11 is 1.80. The molecule has 1 saturated heterocycles. The van der Waals surface area contributed by atoms with Crippen LogP contribution in [-0.4, -0.2) is 37.8 Å². The van der Waals surface area contributed by atoms with Gasteiger partial charge in [-0.1, -0.05) is 19.1 Å². The van der Waals surface area contributed by atoms with Crippen LogP contribution in [0.25, 0.3) is 11.3 Å². The molecule has 1 atom stereocenters. The number of anilines is 2. The number of likely N-dealkylation sites (N-methyl/N-ethyl adjacent to an activating group) is 1. The summed E-state index contributed by atoms with van der Waals surface area (Å²) in [5.41, 5.74) is 2.90. The molecular weight excluding hydrogens is 394 g/mol. The van der Waals surface area contributed by atoms with Gasteiger partial charge in [0.2, 0.25) is 0 Å². The van der Waals surface area contributed by atoms with Crippen LogP contribution in [0.4, 0.5) is 11.4 Å². The number of hydrogen-bond donors (Lipinski definition) is 2. The van der Waals surface area contributed by atoms with E-state index in [2.05, 4.69) is 46.7 Å². The molecule has 4 rings (SSSR count). The van der Waals surface area contributed by atoms with Crippen molar-refractivity contribution >= 4 is 29.0 Å². The van der Waals surface area contributed by atoms with Crippen LogP contribution in [0.2, 0.25) is 0 Å². The maximum Gasteiger partial charge on any atom is 0.291 e. The van der Waals surface area contributed by atoms with E-state index in [1.54, 1.807) is 17.8 Å². The third-order valence-corrected chi connectivity index (χ3v) is 6.26. The van der Waals surface area contributed by atoms with Gasteiger partial charge in [0, 0.05) is 41.0 Å². The van der Waals surface area contributed by atoms with E-state index in [1.165, 1.54) is 10.6 Å². The zero-order valence-electron chi connectivity index (χ0n) is 17.4. The average molecular weight is 422 g/mol. The van der Waals surface area contributed by atoms with E-state index in [9.17, 15) is 4.79 Å². The first-order chi connectivity index (χ1) is 14.7. The number of rotatable bonds is 7. The van der Waals surface area contributed by atoms with Gasteiger partial charge in [0.25, 0.3) is 5.91 Å². The molecular formula is C24H27N3O2S. The molecule has 1 unspecified atom stereocenters. The largest absolute Gasteiger partial charge is 0.451 e. The Hall–Kier alpha value is -2.70. The van der Waals surface area contributed by atoms with Crippen molar-refractivity contribution in [2.75, 3.05) is 36.1 Å². The molecule has 3 aromatic rings. The van der Waals surface area contributed by atoms with Gasteiger partial charge in [0.15, 0.2) is 5.76 Å². The number of carbonyl (C=O) groups is 1. The molecule has 0 saturated carbocycles. The lowest BCUT2D eigenvalue weighted by atomic mass is 10.2. The Morgan fingerprint density at radius 1 is 1.10 bits per heavy atom. The second-order valence-corrected chi connectivity index (χ2v) is 8.68. The van der Waals surface area contributed by atoms with Crippen molar-refractivity contribution in [1.29, 1.82) is 0 Å². The van der Waals surface area contributed by atoms with E-state index in [1.807, 2.05) is 37.4 Å². The van der Waals surface area contributed by atoms with Crippen molar-refractivity contribution in [1.82, 2.24) is 5.32 Å². The lowest BCUT2D eigenvalue weighted by Crippen LogP contribution is -2.29. The van der Waals surface area contributed by atoms with E-state index < -0.39 is 0 Å². The molecule has 1 fully saturated rings. The van der Waals surface area contributed by atoms with Crippen LogP contribution in [0.3, 0.4) is 0 Å². The normalized spacial score (nSPS) is 16.1. The quantitative estimate of drug-likeness (QED) is 0.519. The Morgan fingerprint density at radius 3 is 2.53 bits per heavy atom. The third kappa shape index (κ3) is 4.71. The van der Waals surface area contributed by atoms with Crippen molar-refractivity contribution in [3.63, 3.8) is 0 Å². The Balaban J connectivity index is 1.38. The van der Waals surface area contributed by atoms with Crippen molar-refractivity contribution < 1.29 is 9.21 Å². The van der Waals surface area contributed by atoms with E-state index in [0.29, 0.717) is 17.6 Å². The summed E-state index contributed by atoms with van der Waals surface area (Å²) in [4.78, 5) is 16.2. The molecule has 1 aliphatic heterocycles. The van der Waals surface area contributed by atoms with Crippen LogP contribution in [0.15, 0.2) is 70.0 Å². The lowest BCUT2D eigenvalue weighted by molar-refractivity contribution is 0.0997. The van der Waals surface area contributed by atoms with E-state index in [0.717, 1.165) is 36.5 Å². The van der Waals surface area contributed by atoms with Crippen molar-refractivity contribution in [3.05, 3.63) is 66.4 Å². The number of amides is 1. The van der Waals surface area contributed by atoms with E-state index in [4.69, 9.17) is 4.42 Å². The van der Waals surface area contributed by atoms with Crippen molar-refractivity contribution in [3.8, 4) is 11.3 Å². The smallest absolute Gasteiger partial charge is 0.291 e. The Labute approximate surface area is 181 Å². The summed E-state index contributed by atoms with van der Waals surface area (Å²) in [6.07, 6.45) is 1.15. The molecule has 1 amide bonds. The van der Waals surface area contributed by atoms with Gasteiger partial charge in [0.1, 0.15) is 5.76 Å². The molecule has 2 aromatic carbocycles. The van der Waals surface area contributed by atoms with Gasteiger partial charge >= 0.3 is 0 Å². The Kier molecular flexibility index (Phi) is 6.45. The molecule has 1 aromatic heterocycles. The molecule has 6 heteroatoms. The minimum absolute atomic E-state index is 0.247. The first-order valence-corrected chi connectivity index (χ1v) is 11.3. The standard InChI is InChI=1S/C24H27N3O2S/c1-3-30-21-10-4-17(5-11-21)22-12-13-23(29-22)24(28)26-18-6-8-20(9-7-18)27-15-14-19(16-27)25-2/h4-13,19,25H,3,14-16H2,1-2H3,(H,26,28). The SMILES string of the molecule is CCSc1ccc(-c2ccc(C(=O)Nc3ccc(N4CCC(NC)C4)cc3)o2)cc1. The number of furan rings is 1. The summed E-state index contributed by atoms with van der Waals surface area (Å²) in [6.45, 7) is 4.19. The number of thioether (sulfide) groups is 1. The van der Waals surface area contributed by atoms with Crippen LogP contribution >= 0.6 is 11.8 Å². The van der Waals surface area contributed by atoms with Gasteiger partial charge in [0.05, 0.1) is 0 Å². The molecule has 1 aliphatic rings. The molecule has 0 bridgehead atoms. The van der Waals surface area contributed by atoms with Gasteiger partial charge in [-0.05, 0) is 67.8 Å². The van der Waals surface area contributed by atoms with E-state index in [-0.39, 0.29) is 5.91 Å². The molecule has 0 radical (unpaired) electrons. The van der Waals surface area contributed by atoms with Gasteiger partial charge < -0.3 is 20.0 Å². The predicted octanol–water partition coefficient (Wildman–Crippen LogP) is 5.11. The summed E-state index contributed by atoms with van der Waals surface area (Å²) in [5, 5.41) is 6.25. The van der Waals surface area contributed by atoms with Crippen LogP contribution in [0.5, 0.6) is 0 Å². The monoisotopic (exact) mass is 421 g/mol. The molecule has 156 valence electrons. The summed E-state index contributed by atoms with van der Waals surface area (Å²) in [5.74, 6) is 1.79. The lowest BCUT2D eigenvalue weighted by Gasteiger charge is -2.19. The highest BCUT2D eigenvalue weighted by molar-refractivity contribution is 7.99. The molecule has 0 spiro atoms. The highest BCUT2D eigenvalue weighted by atomic mass is 32.2. The van der Waals surface area contributed by atoms with Gasteiger partial charge in [-0.3, -0.25) is 4.79 Å². The number of benzene rings is 2. The second-order valence-electron chi connectivity index (χ2n) is 7.34. The van der Waals surface area contributed by atoms with Crippen LogP contribution in [0, 0.1) is 0 Å². The third-order valence-electron chi connectivity index (χ3n) is 5.37. The summed E-state index contributed by atoms with van der Waals surface area (Å²) < 4.78 is 5.80. The molecule has 2 N–H and O–H groups in total. The van der Waals surface area contributed by atoms with Gasteiger partial charge in [-0.25, -0.2) is 0 Å². The number of nitrogens with zero attached hydrogens (tertiary/aromatic N) is 1. The fourth-order valence-corrected chi connectivity index (χ4v) is 4.34. The molecule has 0 aliphatic carbocycles. The zero-order chi connectivity index (χ0) is 20.9. The molecule has 2 heterocycles. The topological polar surface area (TPSA) is 57.5 Å². The molecule has 5 nitrogen and oxygen atoms in total. The van der Waals surface area contributed by atoms with Crippen LogP contribution in [0.1, 0.15) is 23.9 Å². The van der Waals surface area contributed by atoms with Crippen molar-refractivity contribution in [2.24, 2.45) is 0 Å². The maximum absolute atomic E-state index is 12.6. The highest BCUT2D eigenvalue weighted by Crippen LogP contribution is 2.27. The van der Waals surface area contributed by atoms with Crippen LogP contribution < -0.4 is 15.5 Å². The minimum Gasteiger partial charge on any atom is -0.451 e. The average Bonchev–Trinajstić information content (AvgIpc) is 3.45. The summed E-state index contributed by atoms with van der Waals surface area (Å²) in [6, 6.07) is 20.3. The maximum atomic E-state index is 12.6. The minimum atomic E-state index is -0.247. The first-order valence-electron chi connectivity index (χ1n) is 10.3. The van der Waals surface area contributed by atoms with Crippen LogP contribution in [-0.2, 0) is 0 Å². The number of carbonyl (C=O) groups excluding carboxylic acids is 1. The Morgan fingerprint density at radius 2 is 1.87 bits per heavy atom. The number of nitrogens with one attached hydrogen (secondary N) is 2. The zero-order valence-corrected chi connectivity index (χ0v) is 18.2. The van der Waals surface area contributed by atoms with Gasteiger partial charge in [-0.15, -0.1) is 11.8 Å². The van der Waals surface area contributed by atoms with E-state index >= 15 is 0 Å². The first kappa shape index (κ1) is 20.6. The van der Waals surface area contributed by atoms with Crippen molar-refractivity contribution in [2.45, 2.75) is 24.3 Å². The van der Waals surface area contributed by atoms with Gasteiger partial charge in [-0.2, -0.15) is 0 Å². The molecule has 30 heavy (non-hydrogen) atoms.